The number of hydrogen-bond acceptors (Lipinski definition) is 3. The zero-order valence-electron chi connectivity index (χ0n) is 11.6. The summed E-state index contributed by atoms with van der Waals surface area (Å²) in [7, 11) is 1.69. The average molecular weight is 236 g/mol. The highest BCUT2D eigenvalue weighted by Crippen LogP contribution is 2.14. The summed E-state index contributed by atoms with van der Waals surface area (Å²) < 4.78 is 5.24. The van der Waals surface area contributed by atoms with E-state index >= 15 is 0 Å². The second-order valence-corrected chi connectivity index (χ2v) is 4.69. The molecule has 0 aliphatic rings. The Bertz CT molecular complexity index is 352. The number of nitrogens with one attached hydrogen (secondary N) is 1. The first-order chi connectivity index (χ1) is 8.06. The van der Waals surface area contributed by atoms with Gasteiger partial charge in [-0.05, 0) is 19.8 Å². The van der Waals surface area contributed by atoms with Gasteiger partial charge in [0.05, 0.1) is 12.8 Å². The van der Waals surface area contributed by atoms with Crippen molar-refractivity contribution in [1.29, 1.82) is 0 Å². The fourth-order valence-corrected chi connectivity index (χ4v) is 1.73. The first-order valence-corrected chi connectivity index (χ1v) is 6.31. The van der Waals surface area contributed by atoms with Crippen LogP contribution in [0.15, 0.2) is 12.1 Å². The van der Waals surface area contributed by atoms with Crippen LogP contribution in [0.4, 0.5) is 0 Å². The van der Waals surface area contributed by atoms with Crippen molar-refractivity contribution in [3.05, 3.63) is 23.5 Å². The van der Waals surface area contributed by atoms with Crippen molar-refractivity contribution in [2.24, 2.45) is 5.92 Å². The van der Waals surface area contributed by atoms with Crippen molar-refractivity contribution >= 4 is 0 Å². The lowest BCUT2D eigenvalue weighted by atomic mass is 10.0. The van der Waals surface area contributed by atoms with E-state index in [1.165, 1.54) is 6.42 Å². The van der Waals surface area contributed by atoms with Crippen LogP contribution in [0.5, 0.6) is 5.75 Å². The SMILES string of the molecule is CCC(C)C(C)NCc1cc(OC)cc(C)n1. The Morgan fingerprint density at radius 1 is 1.35 bits per heavy atom. The minimum atomic E-state index is 0.508. The van der Waals surface area contributed by atoms with Gasteiger partial charge >= 0.3 is 0 Å². The van der Waals surface area contributed by atoms with Crippen LogP contribution in [0, 0.1) is 12.8 Å². The van der Waals surface area contributed by atoms with Crippen LogP contribution in [0.3, 0.4) is 0 Å². The summed E-state index contributed by atoms with van der Waals surface area (Å²) in [6.45, 7) is 9.49. The molecule has 1 N–H and O–H groups in total. The van der Waals surface area contributed by atoms with Crippen molar-refractivity contribution in [3.63, 3.8) is 0 Å². The maximum atomic E-state index is 5.24. The maximum Gasteiger partial charge on any atom is 0.122 e. The van der Waals surface area contributed by atoms with E-state index in [1.807, 2.05) is 19.1 Å². The van der Waals surface area contributed by atoms with Crippen molar-refractivity contribution in [2.45, 2.75) is 46.7 Å². The molecule has 0 fully saturated rings. The molecular formula is C14H24N2O. The van der Waals surface area contributed by atoms with Gasteiger partial charge in [-0.2, -0.15) is 0 Å². The van der Waals surface area contributed by atoms with Crippen LogP contribution >= 0.6 is 0 Å². The number of methoxy groups -OCH3 is 1. The van der Waals surface area contributed by atoms with E-state index in [4.69, 9.17) is 4.74 Å². The average Bonchev–Trinajstić information content (AvgIpc) is 2.34. The standard InChI is InChI=1S/C14H24N2O/c1-6-10(2)12(4)15-9-13-8-14(17-5)7-11(3)16-13/h7-8,10,12,15H,6,9H2,1-5H3. The fourth-order valence-electron chi connectivity index (χ4n) is 1.73. The lowest BCUT2D eigenvalue weighted by Crippen LogP contribution is -2.31. The molecule has 1 aromatic heterocycles. The smallest absolute Gasteiger partial charge is 0.122 e. The molecule has 0 saturated heterocycles. The van der Waals surface area contributed by atoms with Crippen molar-refractivity contribution in [2.75, 3.05) is 7.11 Å². The zero-order valence-corrected chi connectivity index (χ0v) is 11.6. The number of hydrogen-bond donors (Lipinski definition) is 1. The molecular weight excluding hydrogens is 212 g/mol. The molecule has 3 nitrogen and oxygen atoms in total. The first-order valence-electron chi connectivity index (χ1n) is 6.31. The minimum Gasteiger partial charge on any atom is -0.497 e. The van der Waals surface area contributed by atoms with Gasteiger partial charge in [0.25, 0.3) is 0 Å². The van der Waals surface area contributed by atoms with Gasteiger partial charge in [-0.15, -0.1) is 0 Å². The molecule has 0 spiro atoms. The number of rotatable bonds is 6. The number of nitrogens with zero attached hydrogens (tertiary/aromatic N) is 1. The molecule has 1 aromatic rings. The lowest BCUT2D eigenvalue weighted by Gasteiger charge is -2.19. The second-order valence-electron chi connectivity index (χ2n) is 4.69. The summed E-state index contributed by atoms with van der Waals surface area (Å²) in [6, 6.07) is 4.44. The third kappa shape index (κ3) is 4.35. The summed E-state index contributed by atoms with van der Waals surface area (Å²) >= 11 is 0. The molecule has 0 radical (unpaired) electrons. The van der Waals surface area contributed by atoms with E-state index in [9.17, 15) is 0 Å². The predicted octanol–water partition coefficient (Wildman–Crippen LogP) is 2.92. The van der Waals surface area contributed by atoms with Gasteiger partial charge in [-0.25, -0.2) is 0 Å². The number of ether oxygens (including phenoxy) is 1. The minimum absolute atomic E-state index is 0.508. The molecule has 0 aliphatic heterocycles. The monoisotopic (exact) mass is 236 g/mol. The van der Waals surface area contributed by atoms with Crippen molar-refractivity contribution in [1.82, 2.24) is 10.3 Å². The van der Waals surface area contributed by atoms with Crippen LogP contribution in [0.2, 0.25) is 0 Å². The summed E-state index contributed by atoms with van der Waals surface area (Å²) in [4.78, 5) is 4.50. The normalized spacial score (nSPS) is 14.4. The molecule has 0 aliphatic carbocycles. The molecule has 2 unspecified atom stereocenters. The van der Waals surface area contributed by atoms with Crippen LogP contribution in [-0.2, 0) is 6.54 Å². The summed E-state index contributed by atoms with van der Waals surface area (Å²) in [5, 5.41) is 3.51. The number of aryl methyl sites for hydroxylation is 1. The Labute approximate surface area is 105 Å². The van der Waals surface area contributed by atoms with E-state index in [-0.39, 0.29) is 0 Å². The highest BCUT2D eigenvalue weighted by Gasteiger charge is 2.09. The van der Waals surface area contributed by atoms with Crippen LogP contribution in [0.1, 0.15) is 38.6 Å². The van der Waals surface area contributed by atoms with Crippen LogP contribution in [0.25, 0.3) is 0 Å². The fraction of sp³-hybridized carbons (Fsp3) is 0.643. The molecule has 17 heavy (non-hydrogen) atoms. The highest BCUT2D eigenvalue weighted by atomic mass is 16.5. The Hall–Kier alpha value is -1.09. The Morgan fingerprint density at radius 3 is 2.65 bits per heavy atom. The van der Waals surface area contributed by atoms with Gasteiger partial charge in [-0.1, -0.05) is 20.3 Å². The van der Waals surface area contributed by atoms with Crippen LogP contribution < -0.4 is 10.1 Å². The quantitative estimate of drug-likeness (QED) is 0.824. The van der Waals surface area contributed by atoms with Gasteiger partial charge in [-0.3, -0.25) is 4.98 Å². The zero-order chi connectivity index (χ0) is 12.8. The Morgan fingerprint density at radius 2 is 2.06 bits per heavy atom. The molecule has 0 amide bonds. The first kappa shape index (κ1) is 14.0. The Kier molecular flexibility index (Phi) is 5.42. The third-order valence-electron chi connectivity index (χ3n) is 3.32. The molecule has 1 rings (SSSR count). The van der Waals surface area contributed by atoms with Gasteiger partial charge < -0.3 is 10.1 Å². The van der Waals surface area contributed by atoms with Crippen molar-refractivity contribution in [3.8, 4) is 5.75 Å². The summed E-state index contributed by atoms with van der Waals surface area (Å²) in [6.07, 6.45) is 1.19. The molecule has 0 saturated carbocycles. The summed E-state index contributed by atoms with van der Waals surface area (Å²) in [5.41, 5.74) is 2.04. The Balaban J connectivity index is 2.59. The maximum absolute atomic E-state index is 5.24. The molecule has 96 valence electrons. The van der Waals surface area contributed by atoms with E-state index in [1.54, 1.807) is 7.11 Å². The van der Waals surface area contributed by atoms with E-state index in [0.29, 0.717) is 12.0 Å². The third-order valence-corrected chi connectivity index (χ3v) is 3.32. The van der Waals surface area contributed by atoms with E-state index < -0.39 is 0 Å². The van der Waals surface area contributed by atoms with Gasteiger partial charge in [0, 0.05) is 30.4 Å². The lowest BCUT2D eigenvalue weighted by molar-refractivity contribution is 0.385. The van der Waals surface area contributed by atoms with Crippen molar-refractivity contribution < 1.29 is 4.74 Å². The van der Waals surface area contributed by atoms with E-state index in [2.05, 4.69) is 31.1 Å². The van der Waals surface area contributed by atoms with Gasteiger partial charge in [0.15, 0.2) is 0 Å². The number of pyridine rings is 1. The van der Waals surface area contributed by atoms with Gasteiger partial charge in [0.1, 0.15) is 5.75 Å². The molecule has 3 heteroatoms. The topological polar surface area (TPSA) is 34.1 Å². The summed E-state index contributed by atoms with van der Waals surface area (Å²) in [5.74, 6) is 1.56. The molecule has 2 atom stereocenters. The molecule has 0 aromatic carbocycles. The highest BCUT2D eigenvalue weighted by molar-refractivity contribution is 5.26. The van der Waals surface area contributed by atoms with E-state index in [0.717, 1.165) is 23.7 Å². The number of aromatic nitrogens is 1. The van der Waals surface area contributed by atoms with Gasteiger partial charge in [0.2, 0.25) is 0 Å². The predicted molar refractivity (Wildman–Crippen MR) is 71.3 cm³/mol. The molecule has 1 heterocycles. The molecule has 0 bridgehead atoms. The second kappa shape index (κ2) is 6.60. The largest absolute Gasteiger partial charge is 0.497 e. The van der Waals surface area contributed by atoms with Crippen LogP contribution in [-0.4, -0.2) is 18.1 Å².